The minimum atomic E-state index is -0.234. The predicted molar refractivity (Wildman–Crippen MR) is 109 cm³/mol. The Morgan fingerprint density at radius 1 is 1.15 bits per heavy atom. The van der Waals surface area contributed by atoms with E-state index in [1.807, 2.05) is 47.9 Å². The minimum absolute atomic E-state index is 0.0104. The van der Waals surface area contributed by atoms with Crippen LogP contribution in [-0.4, -0.2) is 43.2 Å². The Balaban J connectivity index is 1.55. The van der Waals surface area contributed by atoms with Gasteiger partial charge in [0, 0.05) is 29.8 Å². The van der Waals surface area contributed by atoms with Crippen molar-refractivity contribution in [3.05, 3.63) is 52.2 Å². The fourth-order valence-corrected chi connectivity index (χ4v) is 4.88. The highest BCUT2D eigenvalue weighted by Crippen LogP contribution is 2.36. The van der Waals surface area contributed by atoms with Crippen molar-refractivity contribution in [2.45, 2.75) is 43.9 Å². The van der Waals surface area contributed by atoms with Crippen molar-refractivity contribution in [1.29, 1.82) is 0 Å². The van der Waals surface area contributed by atoms with Crippen molar-refractivity contribution in [3.8, 4) is 5.75 Å². The predicted octanol–water partition coefficient (Wildman–Crippen LogP) is 4.47. The molecule has 0 saturated carbocycles. The molecule has 3 heterocycles. The van der Waals surface area contributed by atoms with Crippen LogP contribution in [0.1, 0.15) is 36.1 Å². The Labute approximate surface area is 164 Å². The lowest BCUT2D eigenvalue weighted by atomic mass is 10.00. The molecule has 4 rings (SSSR count). The van der Waals surface area contributed by atoms with Gasteiger partial charge in [-0.25, -0.2) is 4.79 Å². The molecule has 0 aliphatic carbocycles. The van der Waals surface area contributed by atoms with Gasteiger partial charge < -0.3 is 14.4 Å². The lowest BCUT2D eigenvalue weighted by molar-refractivity contribution is -0.144. The van der Waals surface area contributed by atoms with Crippen LogP contribution < -0.4 is 4.74 Å². The van der Waals surface area contributed by atoms with Gasteiger partial charge in [-0.05, 0) is 55.1 Å². The van der Waals surface area contributed by atoms with E-state index in [-0.39, 0.29) is 12.1 Å². The van der Waals surface area contributed by atoms with Gasteiger partial charge in [-0.3, -0.25) is 0 Å². The second-order valence-electron chi connectivity index (χ2n) is 7.35. The van der Waals surface area contributed by atoms with Crippen LogP contribution in [-0.2, 0) is 9.53 Å². The molecule has 0 amide bonds. The van der Waals surface area contributed by atoms with Crippen molar-refractivity contribution in [3.63, 3.8) is 0 Å². The number of hydrogen-bond donors (Lipinski definition) is 0. The minimum Gasteiger partial charge on any atom is -0.497 e. The fourth-order valence-electron chi connectivity index (χ4n) is 4.22. The first-order chi connectivity index (χ1) is 13.1. The number of esters is 1. The van der Waals surface area contributed by atoms with Crippen LogP contribution in [0.4, 0.5) is 0 Å². The zero-order chi connectivity index (χ0) is 18.8. The number of fused-ring (bicyclic) bond motifs is 2. The first kappa shape index (κ1) is 18.3. The molecule has 1 aromatic carbocycles. The van der Waals surface area contributed by atoms with Gasteiger partial charge in [0.2, 0.25) is 0 Å². The molecule has 27 heavy (non-hydrogen) atoms. The van der Waals surface area contributed by atoms with E-state index in [1.165, 1.54) is 12.8 Å². The number of benzene rings is 1. The van der Waals surface area contributed by atoms with Crippen LogP contribution in [0.15, 0.2) is 41.8 Å². The van der Waals surface area contributed by atoms with Crippen LogP contribution >= 0.6 is 11.3 Å². The van der Waals surface area contributed by atoms with E-state index in [1.54, 1.807) is 18.4 Å². The normalized spacial score (nSPS) is 25.4. The lowest BCUT2D eigenvalue weighted by Crippen LogP contribution is -2.43. The molecule has 2 saturated heterocycles. The molecule has 1 aromatic heterocycles. The summed E-state index contributed by atoms with van der Waals surface area (Å²) >= 11 is 1.61. The largest absolute Gasteiger partial charge is 0.497 e. The van der Waals surface area contributed by atoms with E-state index in [0.29, 0.717) is 17.7 Å². The number of piperidine rings is 1. The van der Waals surface area contributed by atoms with E-state index in [9.17, 15) is 4.79 Å². The lowest BCUT2D eigenvalue weighted by Gasteiger charge is -2.35. The van der Waals surface area contributed by atoms with Gasteiger partial charge >= 0.3 is 5.97 Å². The Kier molecular flexibility index (Phi) is 5.32. The number of hydrogen-bond acceptors (Lipinski definition) is 5. The summed E-state index contributed by atoms with van der Waals surface area (Å²) in [5, 5.41) is 2.01. The van der Waals surface area contributed by atoms with Crippen molar-refractivity contribution in [2.75, 3.05) is 14.2 Å². The van der Waals surface area contributed by atoms with Crippen LogP contribution in [0, 0.1) is 0 Å². The fraction of sp³-hybridized carbons (Fsp3) is 0.409. The zero-order valence-corrected chi connectivity index (χ0v) is 16.6. The number of carbonyl (C=O) groups is 1. The Morgan fingerprint density at radius 3 is 2.44 bits per heavy atom. The molecule has 5 heteroatoms. The smallest absolute Gasteiger partial charge is 0.339 e. The van der Waals surface area contributed by atoms with E-state index in [4.69, 9.17) is 9.47 Å². The molecule has 0 radical (unpaired) electrons. The third kappa shape index (κ3) is 3.94. The zero-order valence-electron chi connectivity index (χ0n) is 15.8. The molecule has 142 valence electrons. The molecule has 4 nitrogen and oxygen atoms in total. The van der Waals surface area contributed by atoms with Gasteiger partial charge in [0.05, 0.1) is 12.7 Å². The van der Waals surface area contributed by atoms with E-state index >= 15 is 0 Å². The van der Waals surface area contributed by atoms with Gasteiger partial charge in [0.15, 0.2) is 0 Å². The summed E-state index contributed by atoms with van der Waals surface area (Å²) in [5.41, 5.74) is 1.46. The average Bonchev–Trinajstić information content (AvgIpc) is 3.25. The van der Waals surface area contributed by atoms with E-state index in [2.05, 4.69) is 11.9 Å². The Bertz CT molecular complexity index is 799. The summed E-state index contributed by atoms with van der Waals surface area (Å²) in [5.74, 6) is 0.539. The molecule has 2 fully saturated rings. The van der Waals surface area contributed by atoms with Crippen LogP contribution in [0.25, 0.3) is 11.6 Å². The summed E-state index contributed by atoms with van der Waals surface area (Å²) in [4.78, 5) is 16.6. The molecule has 2 aliphatic rings. The standard InChI is InChI=1S/C22H25NO3S/c1-23-16-7-8-17(23)13-19(12-16)26-22(24)21(14-20-4-3-11-27-20)15-5-9-18(25-2)10-6-15/h3-6,9-11,14,16-17,19H,7-8,12-13H2,1-2H3/b21-14-/t16-,17+,19?. The molecule has 3 atom stereocenters. The van der Waals surface area contributed by atoms with Gasteiger partial charge in [-0.15, -0.1) is 11.3 Å². The number of carbonyl (C=O) groups excluding carboxylic acids is 1. The quantitative estimate of drug-likeness (QED) is 0.564. The van der Waals surface area contributed by atoms with Gasteiger partial charge in [-0.2, -0.15) is 0 Å². The molecule has 2 bridgehead atoms. The number of nitrogens with zero attached hydrogens (tertiary/aromatic N) is 1. The average molecular weight is 384 g/mol. The molecule has 0 N–H and O–H groups in total. The topological polar surface area (TPSA) is 38.8 Å². The highest BCUT2D eigenvalue weighted by molar-refractivity contribution is 7.11. The van der Waals surface area contributed by atoms with Crippen molar-refractivity contribution in [1.82, 2.24) is 4.90 Å². The molecule has 1 unspecified atom stereocenters. The van der Waals surface area contributed by atoms with Crippen molar-refractivity contribution >= 4 is 29.0 Å². The maximum atomic E-state index is 13.1. The maximum Gasteiger partial charge on any atom is 0.339 e. The van der Waals surface area contributed by atoms with E-state index in [0.717, 1.165) is 29.0 Å². The van der Waals surface area contributed by atoms with Crippen LogP contribution in [0.3, 0.4) is 0 Å². The van der Waals surface area contributed by atoms with Gasteiger partial charge in [0.1, 0.15) is 11.9 Å². The summed E-state index contributed by atoms with van der Waals surface area (Å²) in [6.45, 7) is 0. The second-order valence-corrected chi connectivity index (χ2v) is 8.33. The molecular formula is C22H25NO3S. The molecule has 0 spiro atoms. The molecular weight excluding hydrogens is 358 g/mol. The number of ether oxygens (including phenoxy) is 2. The van der Waals surface area contributed by atoms with E-state index < -0.39 is 0 Å². The first-order valence-electron chi connectivity index (χ1n) is 9.46. The third-order valence-electron chi connectivity index (χ3n) is 5.78. The highest BCUT2D eigenvalue weighted by atomic mass is 32.1. The monoisotopic (exact) mass is 383 g/mol. The Morgan fingerprint density at radius 2 is 1.85 bits per heavy atom. The second kappa shape index (κ2) is 7.87. The van der Waals surface area contributed by atoms with Crippen LogP contribution in [0.5, 0.6) is 5.75 Å². The van der Waals surface area contributed by atoms with Gasteiger partial charge in [-0.1, -0.05) is 18.2 Å². The molecule has 2 aromatic rings. The highest BCUT2D eigenvalue weighted by Gasteiger charge is 2.40. The number of methoxy groups -OCH3 is 1. The van der Waals surface area contributed by atoms with Gasteiger partial charge in [0.25, 0.3) is 0 Å². The maximum absolute atomic E-state index is 13.1. The summed E-state index contributed by atoms with van der Waals surface area (Å²) in [6, 6.07) is 12.7. The van der Waals surface area contributed by atoms with Crippen molar-refractivity contribution < 1.29 is 14.3 Å². The molecule has 2 aliphatic heterocycles. The number of rotatable bonds is 5. The Hall–Kier alpha value is -2.11. The number of thiophene rings is 1. The summed E-state index contributed by atoms with van der Waals surface area (Å²) < 4.78 is 11.2. The summed E-state index contributed by atoms with van der Waals surface area (Å²) in [7, 11) is 3.83. The summed E-state index contributed by atoms with van der Waals surface area (Å²) in [6.07, 6.45) is 6.24. The SMILES string of the molecule is COc1ccc(/C(=C/c2cccs2)C(=O)OC2C[C@H]3CC[C@@H](C2)N3C)cc1. The first-order valence-corrected chi connectivity index (χ1v) is 10.3. The van der Waals surface area contributed by atoms with Crippen LogP contribution in [0.2, 0.25) is 0 Å². The third-order valence-corrected chi connectivity index (χ3v) is 6.60. The van der Waals surface area contributed by atoms with Crippen molar-refractivity contribution in [2.24, 2.45) is 0 Å².